The van der Waals surface area contributed by atoms with Crippen molar-refractivity contribution < 1.29 is 14.6 Å². The molecule has 0 aliphatic carbocycles. The molecule has 4 heteroatoms. The predicted molar refractivity (Wildman–Crippen MR) is 72.4 cm³/mol. The Hall–Kier alpha value is -1.71. The Morgan fingerprint density at radius 2 is 2.11 bits per heavy atom. The molecule has 0 fully saturated rings. The maximum absolute atomic E-state index is 10.5. The number of rotatable bonds is 6. The van der Waals surface area contributed by atoms with Crippen LogP contribution in [0.2, 0.25) is 0 Å². The smallest absolute Gasteiger partial charge is 0.303 e. The van der Waals surface area contributed by atoms with E-state index in [0.29, 0.717) is 6.42 Å². The number of hydrogen-bond acceptors (Lipinski definition) is 3. The summed E-state index contributed by atoms with van der Waals surface area (Å²) < 4.78 is 5.36. The highest BCUT2D eigenvalue weighted by Gasteiger charge is 2.10. The highest BCUT2D eigenvalue weighted by Crippen LogP contribution is 2.29. The second-order valence-electron chi connectivity index (χ2n) is 4.57. The summed E-state index contributed by atoms with van der Waals surface area (Å²) in [6.45, 7) is 5.98. The van der Waals surface area contributed by atoms with E-state index in [0.717, 1.165) is 22.6 Å². The number of ether oxygens (including phenoxy) is 1. The van der Waals surface area contributed by atoms with E-state index in [-0.39, 0.29) is 12.5 Å². The largest absolute Gasteiger partial charge is 0.496 e. The molecule has 0 bridgehead atoms. The van der Waals surface area contributed by atoms with Gasteiger partial charge in [0, 0.05) is 23.7 Å². The van der Waals surface area contributed by atoms with E-state index in [2.05, 4.69) is 5.32 Å². The number of aliphatic carboxylic acids is 1. The van der Waals surface area contributed by atoms with Gasteiger partial charge in [-0.25, -0.2) is 0 Å². The minimum Gasteiger partial charge on any atom is -0.496 e. The van der Waals surface area contributed by atoms with Gasteiger partial charge in [0.25, 0.3) is 0 Å². The Kier molecular flexibility index (Phi) is 5.01. The fourth-order valence-electron chi connectivity index (χ4n) is 1.98. The predicted octanol–water partition coefficient (Wildman–Crippen LogP) is 2.98. The summed E-state index contributed by atoms with van der Waals surface area (Å²) >= 11 is 0. The molecule has 1 atom stereocenters. The molecule has 0 spiro atoms. The summed E-state index contributed by atoms with van der Waals surface area (Å²) in [5.41, 5.74) is 3.15. The highest BCUT2D eigenvalue weighted by atomic mass is 16.5. The molecule has 4 nitrogen and oxygen atoms in total. The lowest BCUT2D eigenvalue weighted by atomic mass is 10.1. The van der Waals surface area contributed by atoms with Gasteiger partial charge < -0.3 is 15.2 Å². The van der Waals surface area contributed by atoms with E-state index in [1.807, 2.05) is 32.9 Å². The summed E-state index contributed by atoms with van der Waals surface area (Å²) in [6.07, 6.45) is 0.779. The van der Waals surface area contributed by atoms with Crippen molar-refractivity contribution in [1.29, 1.82) is 0 Å². The van der Waals surface area contributed by atoms with Crippen molar-refractivity contribution in [2.75, 3.05) is 12.4 Å². The number of hydrogen-bond donors (Lipinski definition) is 2. The SMILES string of the molecule is COc1c(C)ccc(NC(C)CCC(=O)O)c1C. The first-order valence-corrected chi connectivity index (χ1v) is 6.08. The van der Waals surface area contributed by atoms with Crippen LogP contribution in [-0.2, 0) is 4.79 Å². The summed E-state index contributed by atoms with van der Waals surface area (Å²) in [4.78, 5) is 10.5. The van der Waals surface area contributed by atoms with Gasteiger partial charge in [0.2, 0.25) is 0 Å². The maximum atomic E-state index is 10.5. The number of benzene rings is 1. The molecule has 1 unspecified atom stereocenters. The van der Waals surface area contributed by atoms with Crippen LogP contribution in [0.4, 0.5) is 5.69 Å². The minimum atomic E-state index is -0.762. The lowest BCUT2D eigenvalue weighted by Gasteiger charge is -2.19. The second-order valence-corrected chi connectivity index (χ2v) is 4.57. The van der Waals surface area contributed by atoms with Crippen molar-refractivity contribution in [2.24, 2.45) is 0 Å². The molecule has 0 heterocycles. The average molecular weight is 251 g/mol. The van der Waals surface area contributed by atoms with Gasteiger partial charge in [-0.1, -0.05) is 6.07 Å². The first-order chi connectivity index (χ1) is 8.45. The zero-order valence-electron chi connectivity index (χ0n) is 11.4. The van der Waals surface area contributed by atoms with Crippen LogP contribution in [0.3, 0.4) is 0 Å². The number of carbonyl (C=O) groups is 1. The molecule has 0 amide bonds. The van der Waals surface area contributed by atoms with Crippen LogP contribution >= 0.6 is 0 Å². The van der Waals surface area contributed by atoms with Gasteiger partial charge in [0.1, 0.15) is 5.75 Å². The Balaban J connectivity index is 2.75. The summed E-state index contributed by atoms with van der Waals surface area (Å²) in [6, 6.07) is 4.12. The summed E-state index contributed by atoms with van der Waals surface area (Å²) in [5.74, 6) is 0.118. The van der Waals surface area contributed by atoms with Crippen LogP contribution in [-0.4, -0.2) is 24.2 Å². The third-order valence-corrected chi connectivity index (χ3v) is 3.00. The van der Waals surface area contributed by atoms with Crippen LogP contribution in [0.25, 0.3) is 0 Å². The minimum absolute atomic E-state index is 0.118. The first-order valence-electron chi connectivity index (χ1n) is 6.08. The van der Waals surface area contributed by atoms with E-state index < -0.39 is 5.97 Å². The number of anilines is 1. The third kappa shape index (κ3) is 3.65. The lowest BCUT2D eigenvalue weighted by molar-refractivity contribution is -0.137. The van der Waals surface area contributed by atoms with Crippen molar-refractivity contribution in [2.45, 2.75) is 39.7 Å². The van der Waals surface area contributed by atoms with Gasteiger partial charge in [0.05, 0.1) is 7.11 Å². The Bertz CT molecular complexity index is 429. The molecule has 2 N–H and O–H groups in total. The molecule has 0 radical (unpaired) electrons. The lowest BCUT2D eigenvalue weighted by Crippen LogP contribution is -2.17. The fraction of sp³-hybridized carbons (Fsp3) is 0.500. The third-order valence-electron chi connectivity index (χ3n) is 3.00. The van der Waals surface area contributed by atoms with Gasteiger partial charge in [-0.2, -0.15) is 0 Å². The van der Waals surface area contributed by atoms with Crippen molar-refractivity contribution in [3.63, 3.8) is 0 Å². The number of nitrogens with one attached hydrogen (secondary N) is 1. The summed E-state index contributed by atoms with van der Waals surface area (Å²) in [7, 11) is 1.66. The van der Waals surface area contributed by atoms with Crippen LogP contribution in [0.15, 0.2) is 12.1 Å². The van der Waals surface area contributed by atoms with Gasteiger partial charge in [-0.15, -0.1) is 0 Å². The van der Waals surface area contributed by atoms with E-state index in [1.165, 1.54) is 0 Å². The molecule has 100 valence electrons. The Labute approximate surface area is 108 Å². The molecule has 1 aromatic rings. The van der Waals surface area contributed by atoms with Crippen molar-refractivity contribution >= 4 is 11.7 Å². The number of methoxy groups -OCH3 is 1. The topological polar surface area (TPSA) is 58.6 Å². The van der Waals surface area contributed by atoms with Crippen LogP contribution < -0.4 is 10.1 Å². The van der Waals surface area contributed by atoms with E-state index in [4.69, 9.17) is 9.84 Å². The van der Waals surface area contributed by atoms with Crippen molar-refractivity contribution in [3.8, 4) is 5.75 Å². The molecule has 1 rings (SSSR count). The molecule has 0 aliphatic rings. The Morgan fingerprint density at radius 3 is 2.67 bits per heavy atom. The van der Waals surface area contributed by atoms with Crippen LogP contribution in [0.5, 0.6) is 5.75 Å². The highest BCUT2D eigenvalue weighted by molar-refractivity contribution is 5.67. The molecule has 0 saturated heterocycles. The molecule has 0 aromatic heterocycles. The molecule has 1 aromatic carbocycles. The van der Waals surface area contributed by atoms with Gasteiger partial charge in [-0.05, 0) is 38.8 Å². The standard InChI is InChI=1S/C14H21NO3/c1-9-5-7-12(11(3)14(9)18-4)15-10(2)6-8-13(16)17/h5,7,10,15H,6,8H2,1-4H3,(H,16,17). The monoisotopic (exact) mass is 251 g/mol. The van der Waals surface area contributed by atoms with E-state index in [1.54, 1.807) is 7.11 Å². The van der Waals surface area contributed by atoms with E-state index >= 15 is 0 Å². The molecular weight excluding hydrogens is 230 g/mol. The molecule has 0 saturated carbocycles. The van der Waals surface area contributed by atoms with Gasteiger partial charge in [-0.3, -0.25) is 4.79 Å². The first kappa shape index (κ1) is 14.4. The second kappa shape index (κ2) is 6.28. The number of carboxylic acid groups (broad SMARTS) is 1. The quantitative estimate of drug-likeness (QED) is 0.816. The zero-order chi connectivity index (χ0) is 13.7. The number of carboxylic acids is 1. The van der Waals surface area contributed by atoms with Crippen molar-refractivity contribution in [3.05, 3.63) is 23.3 Å². The zero-order valence-corrected chi connectivity index (χ0v) is 11.4. The Morgan fingerprint density at radius 1 is 1.44 bits per heavy atom. The maximum Gasteiger partial charge on any atom is 0.303 e. The van der Waals surface area contributed by atoms with Crippen LogP contribution in [0, 0.1) is 13.8 Å². The van der Waals surface area contributed by atoms with Gasteiger partial charge in [0.15, 0.2) is 0 Å². The number of aryl methyl sites for hydroxylation is 1. The van der Waals surface area contributed by atoms with E-state index in [9.17, 15) is 4.79 Å². The molecule has 18 heavy (non-hydrogen) atoms. The van der Waals surface area contributed by atoms with Gasteiger partial charge >= 0.3 is 5.97 Å². The van der Waals surface area contributed by atoms with Crippen LogP contribution in [0.1, 0.15) is 30.9 Å². The average Bonchev–Trinajstić information content (AvgIpc) is 2.31. The fourth-order valence-corrected chi connectivity index (χ4v) is 1.98. The normalized spacial score (nSPS) is 12.0. The summed E-state index contributed by atoms with van der Waals surface area (Å²) in [5, 5.41) is 12.0. The molecule has 0 aliphatic heterocycles. The molecular formula is C14H21NO3. The van der Waals surface area contributed by atoms with Crippen molar-refractivity contribution in [1.82, 2.24) is 0 Å².